The lowest BCUT2D eigenvalue weighted by molar-refractivity contribution is -0.141. The zero-order valence-corrected chi connectivity index (χ0v) is 11.4. The van der Waals surface area contributed by atoms with Gasteiger partial charge in [-0.25, -0.2) is 8.78 Å². The Morgan fingerprint density at radius 1 is 1.20 bits per heavy atom. The smallest absolute Gasteiger partial charge is 0.314 e. The van der Waals surface area contributed by atoms with Gasteiger partial charge in [0.1, 0.15) is 5.75 Å². The molecule has 110 valence electrons. The van der Waals surface area contributed by atoms with Crippen LogP contribution in [0.2, 0.25) is 0 Å². The maximum absolute atomic E-state index is 13.0. The largest absolute Gasteiger partial charge is 0.426 e. The van der Waals surface area contributed by atoms with Gasteiger partial charge in [0.15, 0.2) is 11.6 Å². The van der Waals surface area contributed by atoms with Crippen molar-refractivity contribution in [2.45, 2.75) is 38.7 Å². The summed E-state index contributed by atoms with van der Waals surface area (Å²) in [6.45, 7) is 2.62. The number of hydrogen-bond donors (Lipinski definition) is 0. The molecule has 0 N–H and O–H groups in total. The molecule has 0 aromatic heterocycles. The Morgan fingerprint density at radius 2 is 1.90 bits per heavy atom. The molecule has 20 heavy (non-hydrogen) atoms. The summed E-state index contributed by atoms with van der Waals surface area (Å²) >= 11 is 0. The van der Waals surface area contributed by atoms with Crippen LogP contribution in [0.4, 0.5) is 8.78 Å². The van der Waals surface area contributed by atoms with Crippen molar-refractivity contribution in [3.8, 4) is 5.75 Å². The highest BCUT2D eigenvalue weighted by atomic mass is 19.2. The fraction of sp³-hybridized carbons (Fsp3) is 0.533. The van der Waals surface area contributed by atoms with Crippen molar-refractivity contribution >= 4 is 5.97 Å². The van der Waals surface area contributed by atoms with Crippen molar-refractivity contribution in [2.24, 2.45) is 5.92 Å². The molecule has 0 heterocycles. The van der Waals surface area contributed by atoms with Crippen molar-refractivity contribution in [2.75, 3.05) is 6.61 Å². The molecule has 0 radical (unpaired) electrons. The quantitative estimate of drug-likeness (QED) is 0.627. The van der Waals surface area contributed by atoms with Crippen molar-refractivity contribution in [3.63, 3.8) is 0 Å². The fourth-order valence-electron chi connectivity index (χ4n) is 2.44. The van der Waals surface area contributed by atoms with Crippen molar-refractivity contribution in [1.29, 1.82) is 0 Å². The van der Waals surface area contributed by atoms with E-state index in [4.69, 9.17) is 9.47 Å². The lowest BCUT2D eigenvalue weighted by atomic mass is 9.87. The molecule has 3 nitrogen and oxygen atoms in total. The Labute approximate surface area is 116 Å². The summed E-state index contributed by atoms with van der Waals surface area (Å²) < 4.78 is 36.4. The summed E-state index contributed by atoms with van der Waals surface area (Å²) in [5.41, 5.74) is 0. The Morgan fingerprint density at radius 3 is 2.50 bits per heavy atom. The summed E-state index contributed by atoms with van der Waals surface area (Å²) in [5.74, 6) is -2.51. The average molecular weight is 284 g/mol. The van der Waals surface area contributed by atoms with Crippen molar-refractivity contribution in [3.05, 3.63) is 29.8 Å². The van der Waals surface area contributed by atoms with Crippen LogP contribution in [-0.4, -0.2) is 18.7 Å². The minimum absolute atomic E-state index is 0.0424. The molecule has 0 spiro atoms. The third-order valence-corrected chi connectivity index (χ3v) is 3.52. The minimum atomic E-state index is -1.02. The predicted molar refractivity (Wildman–Crippen MR) is 69.4 cm³/mol. The van der Waals surface area contributed by atoms with Crippen LogP contribution in [0.5, 0.6) is 5.75 Å². The molecule has 0 amide bonds. The van der Waals surface area contributed by atoms with Gasteiger partial charge in [-0.2, -0.15) is 0 Å². The summed E-state index contributed by atoms with van der Waals surface area (Å²) in [5, 5.41) is 0. The molecule has 0 bridgehead atoms. The highest BCUT2D eigenvalue weighted by Gasteiger charge is 2.28. The monoisotopic (exact) mass is 284 g/mol. The molecule has 1 aromatic rings. The van der Waals surface area contributed by atoms with Crippen LogP contribution in [0.25, 0.3) is 0 Å². The van der Waals surface area contributed by atoms with Gasteiger partial charge >= 0.3 is 5.97 Å². The second kappa shape index (κ2) is 6.79. The first kappa shape index (κ1) is 14.9. The van der Waals surface area contributed by atoms with E-state index in [0.717, 1.165) is 25.0 Å². The molecule has 1 aliphatic carbocycles. The van der Waals surface area contributed by atoms with Gasteiger partial charge in [0.25, 0.3) is 0 Å². The average Bonchev–Trinajstić information content (AvgIpc) is 2.44. The van der Waals surface area contributed by atoms with Gasteiger partial charge in [0.2, 0.25) is 0 Å². The van der Waals surface area contributed by atoms with E-state index in [1.807, 2.05) is 6.92 Å². The number of ether oxygens (including phenoxy) is 2. The third kappa shape index (κ3) is 3.76. The molecule has 0 saturated heterocycles. The third-order valence-electron chi connectivity index (χ3n) is 3.52. The van der Waals surface area contributed by atoms with E-state index in [9.17, 15) is 13.6 Å². The summed E-state index contributed by atoms with van der Waals surface area (Å²) in [6, 6.07) is 3.09. The molecule has 5 heteroatoms. The zero-order chi connectivity index (χ0) is 14.5. The van der Waals surface area contributed by atoms with E-state index in [-0.39, 0.29) is 23.7 Å². The molecule has 1 fully saturated rings. The van der Waals surface area contributed by atoms with Gasteiger partial charge in [0, 0.05) is 12.7 Å². The van der Waals surface area contributed by atoms with Crippen LogP contribution >= 0.6 is 0 Å². The molecular weight excluding hydrogens is 266 g/mol. The van der Waals surface area contributed by atoms with Crippen LogP contribution < -0.4 is 4.74 Å². The van der Waals surface area contributed by atoms with Crippen molar-refractivity contribution < 1.29 is 23.0 Å². The molecule has 1 aliphatic rings. The van der Waals surface area contributed by atoms with Crippen LogP contribution in [0.15, 0.2) is 18.2 Å². The van der Waals surface area contributed by atoms with E-state index in [0.29, 0.717) is 19.4 Å². The van der Waals surface area contributed by atoms with Gasteiger partial charge in [-0.05, 0) is 44.7 Å². The second-order valence-corrected chi connectivity index (χ2v) is 4.93. The lowest BCUT2D eigenvalue weighted by Crippen LogP contribution is -2.28. The first-order valence-electron chi connectivity index (χ1n) is 6.88. The van der Waals surface area contributed by atoms with Crippen LogP contribution in [0, 0.1) is 17.6 Å². The maximum Gasteiger partial charge on any atom is 0.314 e. The van der Waals surface area contributed by atoms with Gasteiger partial charge in [-0.15, -0.1) is 0 Å². The Balaban J connectivity index is 1.88. The van der Waals surface area contributed by atoms with Gasteiger partial charge < -0.3 is 9.47 Å². The summed E-state index contributed by atoms with van der Waals surface area (Å²) in [6.07, 6.45) is 3.27. The number of carbonyl (C=O) groups excluding carboxylic acids is 1. The number of benzene rings is 1. The van der Waals surface area contributed by atoms with E-state index in [2.05, 4.69) is 0 Å². The SMILES string of the molecule is CCOC1CCC(C(=O)Oc2ccc(F)c(F)c2)CC1. The Kier molecular flexibility index (Phi) is 5.06. The van der Waals surface area contributed by atoms with E-state index in [1.165, 1.54) is 6.07 Å². The number of halogens is 2. The maximum atomic E-state index is 13.0. The number of hydrogen-bond acceptors (Lipinski definition) is 3. The fourth-order valence-corrected chi connectivity index (χ4v) is 2.44. The standard InChI is InChI=1S/C15H18F2O3/c1-2-19-11-5-3-10(4-6-11)15(18)20-12-7-8-13(16)14(17)9-12/h7-11H,2-6H2,1H3. The van der Waals surface area contributed by atoms with E-state index < -0.39 is 11.6 Å². The number of carbonyl (C=O) groups is 1. The Bertz CT molecular complexity index is 468. The molecule has 2 rings (SSSR count). The topological polar surface area (TPSA) is 35.5 Å². The molecule has 0 aliphatic heterocycles. The van der Waals surface area contributed by atoms with Gasteiger partial charge in [-0.3, -0.25) is 4.79 Å². The molecule has 0 unspecified atom stereocenters. The van der Waals surface area contributed by atoms with E-state index >= 15 is 0 Å². The van der Waals surface area contributed by atoms with Crippen molar-refractivity contribution in [1.82, 2.24) is 0 Å². The Hall–Kier alpha value is -1.49. The first-order chi connectivity index (χ1) is 9.60. The zero-order valence-electron chi connectivity index (χ0n) is 11.4. The van der Waals surface area contributed by atoms with Gasteiger partial charge in [0.05, 0.1) is 12.0 Å². The van der Waals surface area contributed by atoms with Crippen LogP contribution in [-0.2, 0) is 9.53 Å². The normalized spacial score (nSPS) is 22.6. The van der Waals surface area contributed by atoms with Crippen LogP contribution in [0.1, 0.15) is 32.6 Å². The van der Waals surface area contributed by atoms with Gasteiger partial charge in [-0.1, -0.05) is 0 Å². The summed E-state index contributed by atoms with van der Waals surface area (Å²) in [4.78, 5) is 11.9. The highest BCUT2D eigenvalue weighted by molar-refractivity contribution is 5.75. The summed E-state index contributed by atoms with van der Waals surface area (Å²) in [7, 11) is 0. The minimum Gasteiger partial charge on any atom is -0.426 e. The van der Waals surface area contributed by atoms with E-state index in [1.54, 1.807) is 0 Å². The molecule has 1 aromatic carbocycles. The highest BCUT2D eigenvalue weighted by Crippen LogP contribution is 2.28. The molecular formula is C15H18F2O3. The predicted octanol–water partition coefficient (Wildman–Crippen LogP) is 3.47. The van der Waals surface area contributed by atoms with Crippen LogP contribution in [0.3, 0.4) is 0 Å². The first-order valence-corrected chi connectivity index (χ1v) is 6.88. The molecule has 0 atom stereocenters. The lowest BCUT2D eigenvalue weighted by Gasteiger charge is -2.26. The molecule has 1 saturated carbocycles. The number of esters is 1. The second-order valence-electron chi connectivity index (χ2n) is 4.93. The number of rotatable bonds is 4.